The quantitative estimate of drug-likeness (QED) is 0.665. The highest BCUT2D eigenvalue weighted by Crippen LogP contribution is 2.28. The van der Waals surface area contributed by atoms with Crippen LogP contribution in [-0.4, -0.2) is 17.0 Å². The maximum absolute atomic E-state index is 13.2. The summed E-state index contributed by atoms with van der Waals surface area (Å²) in [7, 11) is 0. The topological polar surface area (TPSA) is 92.4 Å². The predicted octanol–water partition coefficient (Wildman–Crippen LogP) is 1.20. The molecule has 0 radical (unpaired) electrons. The number of nitrogens with two attached hydrogens (primary N) is 1. The Morgan fingerprint density at radius 1 is 1.38 bits per heavy atom. The Hall–Kier alpha value is -2.18. The van der Waals surface area contributed by atoms with E-state index < -0.39 is 40.4 Å². The van der Waals surface area contributed by atoms with Gasteiger partial charge in [0.15, 0.2) is 5.82 Å². The Labute approximate surface area is 88.9 Å². The van der Waals surface area contributed by atoms with E-state index in [9.17, 15) is 18.4 Å². The molecule has 1 amide bonds. The van der Waals surface area contributed by atoms with Gasteiger partial charge in [-0.1, -0.05) is 0 Å². The molecule has 0 atom stereocenters. The molecular formula is C9H8F2N2O3. The lowest BCUT2D eigenvalue weighted by atomic mass is 10.1. The first-order valence-corrected chi connectivity index (χ1v) is 4.13. The number of nitrogen functional groups attached to an aromatic ring is 1. The average Bonchev–Trinajstić information content (AvgIpc) is 2.13. The molecular weight excluding hydrogens is 222 g/mol. The first-order valence-electron chi connectivity index (χ1n) is 4.13. The van der Waals surface area contributed by atoms with E-state index in [1.54, 1.807) is 0 Å². The number of hydrogen-bond acceptors (Lipinski definition) is 3. The van der Waals surface area contributed by atoms with Crippen molar-refractivity contribution < 1.29 is 23.5 Å². The summed E-state index contributed by atoms with van der Waals surface area (Å²) in [5.41, 5.74) is 2.99. The number of rotatable bonds is 2. The van der Waals surface area contributed by atoms with Crippen LogP contribution in [0.4, 0.5) is 20.2 Å². The van der Waals surface area contributed by atoms with Gasteiger partial charge in [-0.15, -0.1) is 0 Å². The van der Waals surface area contributed by atoms with Crippen molar-refractivity contribution in [3.63, 3.8) is 0 Å². The van der Waals surface area contributed by atoms with Gasteiger partial charge in [0, 0.05) is 13.0 Å². The summed E-state index contributed by atoms with van der Waals surface area (Å²) in [5.74, 6) is -4.70. The van der Waals surface area contributed by atoms with Crippen LogP contribution in [0, 0.1) is 11.6 Å². The molecule has 0 aliphatic carbocycles. The van der Waals surface area contributed by atoms with Gasteiger partial charge < -0.3 is 16.2 Å². The Morgan fingerprint density at radius 2 is 1.94 bits per heavy atom. The van der Waals surface area contributed by atoms with E-state index in [1.807, 2.05) is 5.32 Å². The summed E-state index contributed by atoms with van der Waals surface area (Å²) in [6, 6.07) is 0.410. The number of amides is 1. The van der Waals surface area contributed by atoms with Crippen molar-refractivity contribution in [2.75, 3.05) is 11.1 Å². The molecule has 0 spiro atoms. The minimum atomic E-state index is -1.63. The third-order valence-corrected chi connectivity index (χ3v) is 1.78. The summed E-state index contributed by atoms with van der Waals surface area (Å²) < 4.78 is 26.2. The van der Waals surface area contributed by atoms with Crippen molar-refractivity contribution in [3.05, 3.63) is 23.3 Å². The van der Waals surface area contributed by atoms with Crippen LogP contribution in [0.5, 0.6) is 0 Å². The van der Waals surface area contributed by atoms with Crippen molar-refractivity contribution in [2.24, 2.45) is 0 Å². The predicted molar refractivity (Wildman–Crippen MR) is 52.0 cm³/mol. The van der Waals surface area contributed by atoms with Gasteiger partial charge in [0.25, 0.3) is 0 Å². The highest BCUT2D eigenvalue weighted by molar-refractivity contribution is 6.04. The van der Waals surface area contributed by atoms with Crippen LogP contribution in [-0.2, 0) is 4.79 Å². The lowest BCUT2D eigenvalue weighted by Crippen LogP contribution is -2.15. The monoisotopic (exact) mass is 230 g/mol. The van der Waals surface area contributed by atoms with E-state index in [0.717, 1.165) is 6.92 Å². The maximum Gasteiger partial charge on any atom is 0.340 e. The molecule has 1 aromatic rings. The van der Waals surface area contributed by atoms with E-state index in [-0.39, 0.29) is 0 Å². The third-order valence-electron chi connectivity index (χ3n) is 1.78. The molecule has 5 nitrogen and oxygen atoms in total. The average molecular weight is 230 g/mol. The summed E-state index contributed by atoms with van der Waals surface area (Å²) in [5, 5.41) is 10.7. The molecule has 86 valence electrons. The highest BCUT2D eigenvalue weighted by atomic mass is 19.1. The van der Waals surface area contributed by atoms with E-state index in [2.05, 4.69) is 0 Å². The van der Waals surface area contributed by atoms with Gasteiger partial charge in [0.1, 0.15) is 11.4 Å². The molecule has 0 aliphatic heterocycles. The van der Waals surface area contributed by atoms with Crippen LogP contribution in [0.25, 0.3) is 0 Å². The molecule has 4 N–H and O–H groups in total. The van der Waals surface area contributed by atoms with Crippen LogP contribution in [0.2, 0.25) is 0 Å². The molecule has 16 heavy (non-hydrogen) atoms. The van der Waals surface area contributed by atoms with Gasteiger partial charge in [-0.3, -0.25) is 4.79 Å². The smallest absolute Gasteiger partial charge is 0.340 e. The number of benzene rings is 1. The standard InChI is InChI=1S/C9H8F2N2O3/c1-3(14)13-8-5(11)2-4(10)7(12)6(8)9(15)16/h2H,12H2,1H3,(H,13,14)(H,15,16). The zero-order valence-corrected chi connectivity index (χ0v) is 8.17. The molecule has 1 aromatic carbocycles. The molecule has 0 bridgehead atoms. The van der Waals surface area contributed by atoms with Crippen LogP contribution < -0.4 is 11.1 Å². The second kappa shape index (κ2) is 4.13. The fourth-order valence-electron chi connectivity index (χ4n) is 1.16. The number of carbonyl (C=O) groups excluding carboxylic acids is 1. The second-order valence-corrected chi connectivity index (χ2v) is 2.99. The summed E-state index contributed by atoms with van der Waals surface area (Å²) in [6.07, 6.45) is 0. The second-order valence-electron chi connectivity index (χ2n) is 2.99. The normalized spacial score (nSPS) is 9.94. The Balaban J connectivity index is 3.50. The Kier molecular flexibility index (Phi) is 3.07. The molecule has 0 aromatic heterocycles. The number of carboxylic acid groups (broad SMARTS) is 1. The van der Waals surface area contributed by atoms with Crippen molar-refractivity contribution in [3.8, 4) is 0 Å². The van der Waals surface area contributed by atoms with Crippen molar-refractivity contribution in [2.45, 2.75) is 6.92 Å². The SMILES string of the molecule is CC(=O)Nc1c(F)cc(F)c(N)c1C(=O)O. The number of hydrogen-bond donors (Lipinski definition) is 3. The number of nitrogens with one attached hydrogen (secondary N) is 1. The maximum atomic E-state index is 13.2. The number of aromatic carboxylic acids is 1. The summed E-state index contributed by atoms with van der Waals surface area (Å²) >= 11 is 0. The molecule has 0 aliphatic rings. The van der Waals surface area contributed by atoms with Gasteiger partial charge in [-0.05, 0) is 0 Å². The fraction of sp³-hybridized carbons (Fsp3) is 0.111. The molecule has 0 heterocycles. The molecule has 0 unspecified atom stereocenters. The fourth-order valence-corrected chi connectivity index (χ4v) is 1.16. The Morgan fingerprint density at radius 3 is 2.38 bits per heavy atom. The minimum absolute atomic E-state index is 0.410. The lowest BCUT2D eigenvalue weighted by Gasteiger charge is -2.10. The number of carbonyl (C=O) groups is 2. The van der Waals surface area contributed by atoms with Gasteiger partial charge in [-0.25, -0.2) is 13.6 Å². The summed E-state index contributed by atoms with van der Waals surface area (Å²) in [6.45, 7) is 1.06. The van der Waals surface area contributed by atoms with E-state index in [1.165, 1.54) is 0 Å². The van der Waals surface area contributed by atoms with Crippen LogP contribution in [0.3, 0.4) is 0 Å². The minimum Gasteiger partial charge on any atom is -0.478 e. The molecule has 1 rings (SSSR count). The molecule has 0 fully saturated rings. The van der Waals surface area contributed by atoms with Crippen LogP contribution >= 0.6 is 0 Å². The van der Waals surface area contributed by atoms with Gasteiger partial charge in [-0.2, -0.15) is 0 Å². The number of anilines is 2. The number of halogens is 2. The van der Waals surface area contributed by atoms with Gasteiger partial charge in [0.05, 0.1) is 11.4 Å². The van der Waals surface area contributed by atoms with Gasteiger partial charge in [0.2, 0.25) is 5.91 Å². The first kappa shape index (κ1) is 11.9. The lowest BCUT2D eigenvalue weighted by molar-refractivity contribution is -0.114. The van der Waals surface area contributed by atoms with Crippen LogP contribution in [0.15, 0.2) is 6.07 Å². The van der Waals surface area contributed by atoms with E-state index >= 15 is 0 Å². The Bertz CT molecular complexity index is 474. The molecule has 0 saturated heterocycles. The zero-order chi connectivity index (χ0) is 12.5. The van der Waals surface area contributed by atoms with Crippen molar-refractivity contribution in [1.29, 1.82) is 0 Å². The first-order chi connectivity index (χ1) is 7.34. The highest BCUT2D eigenvalue weighted by Gasteiger charge is 2.22. The van der Waals surface area contributed by atoms with E-state index in [4.69, 9.17) is 10.8 Å². The third kappa shape index (κ3) is 2.08. The van der Waals surface area contributed by atoms with E-state index in [0.29, 0.717) is 6.07 Å². The number of carboxylic acids is 1. The molecule has 0 saturated carbocycles. The van der Waals surface area contributed by atoms with Gasteiger partial charge >= 0.3 is 5.97 Å². The summed E-state index contributed by atoms with van der Waals surface area (Å²) in [4.78, 5) is 21.5. The van der Waals surface area contributed by atoms with Crippen molar-refractivity contribution >= 4 is 23.3 Å². The largest absolute Gasteiger partial charge is 0.478 e. The zero-order valence-electron chi connectivity index (χ0n) is 8.17. The molecule has 7 heteroatoms. The van der Waals surface area contributed by atoms with Crippen LogP contribution in [0.1, 0.15) is 17.3 Å². The van der Waals surface area contributed by atoms with Crippen molar-refractivity contribution in [1.82, 2.24) is 0 Å².